The third-order valence-corrected chi connectivity index (χ3v) is 6.74. The van der Waals surface area contributed by atoms with Crippen molar-refractivity contribution >= 4 is 26.9 Å². The van der Waals surface area contributed by atoms with E-state index in [1.807, 2.05) is 36.4 Å². The minimum Gasteiger partial charge on any atom is -0.487 e. The average molecular weight is 541 g/mol. The summed E-state index contributed by atoms with van der Waals surface area (Å²) in [4.78, 5) is 17.0. The number of fused-ring (bicyclic) bond motifs is 1. The molecule has 0 amide bonds. The summed E-state index contributed by atoms with van der Waals surface area (Å²) in [5.41, 5.74) is 3.85. The molecule has 1 fully saturated rings. The minimum atomic E-state index is -3.17. The Morgan fingerprint density at radius 2 is 1.71 bits per heavy atom. The van der Waals surface area contributed by atoms with Crippen molar-refractivity contribution in [3.8, 4) is 5.75 Å². The molecule has 0 saturated heterocycles. The van der Waals surface area contributed by atoms with E-state index in [2.05, 4.69) is 37.2 Å². The van der Waals surface area contributed by atoms with E-state index in [-0.39, 0.29) is 5.92 Å². The van der Waals surface area contributed by atoms with Gasteiger partial charge in [-0.3, -0.25) is 4.79 Å². The van der Waals surface area contributed by atoms with Gasteiger partial charge in [0.1, 0.15) is 12.4 Å². The van der Waals surface area contributed by atoms with E-state index >= 15 is 0 Å². The summed E-state index contributed by atoms with van der Waals surface area (Å²) in [7, 11) is -3.17. The molecule has 38 heavy (non-hydrogen) atoms. The number of carboxylic acids is 1. The number of primary sulfonamides is 1. The molecular formula is C30H40N2O5S. The molecule has 4 rings (SSSR count). The highest BCUT2D eigenvalue weighted by molar-refractivity contribution is 7.88. The Morgan fingerprint density at radius 1 is 1.05 bits per heavy atom. The summed E-state index contributed by atoms with van der Waals surface area (Å²) in [6.45, 7) is 4.75. The Morgan fingerprint density at radius 3 is 2.34 bits per heavy atom. The monoisotopic (exact) mass is 540 g/mol. The molecule has 1 aliphatic rings. The fourth-order valence-electron chi connectivity index (χ4n) is 5.13. The molecule has 1 aromatic heterocycles. The van der Waals surface area contributed by atoms with Gasteiger partial charge >= 0.3 is 5.97 Å². The molecule has 0 bridgehead atoms. The van der Waals surface area contributed by atoms with Crippen LogP contribution in [0, 0.1) is 11.8 Å². The number of rotatable bonds is 8. The van der Waals surface area contributed by atoms with E-state index in [1.54, 1.807) is 0 Å². The highest BCUT2D eigenvalue weighted by Gasteiger charge is 2.30. The summed E-state index contributed by atoms with van der Waals surface area (Å²) in [6, 6.07) is 18.2. The number of carbonyl (C=O) groups is 1. The van der Waals surface area contributed by atoms with Crippen molar-refractivity contribution in [2.24, 2.45) is 17.0 Å². The van der Waals surface area contributed by atoms with Crippen LogP contribution in [0.3, 0.4) is 0 Å². The Labute approximate surface area is 226 Å². The van der Waals surface area contributed by atoms with Gasteiger partial charge in [0.05, 0.1) is 23.4 Å². The highest BCUT2D eigenvalue weighted by Crippen LogP contribution is 2.37. The first-order valence-electron chi connectivity index (χ1n) is 13.3. The number of sulfonamides is 1. The third-order valence-electron chi connectivity index (χ3n) is 6.74. The van der Waals surface area contributed by atoms with Crippen molar-refractivity contribution in [2.75, 3.05) is 6.26 Å². The van der Waals surface area contributed by atoms with Crippen LogP contribution in [-0.2, 0) is 27.8 Å². The smallest absolute Gasteiger partial charge is 0.311 e. The van der Waals surface area contributed by atoms with Gasteiger partial charge in [0.15, 0.2) is 0 Å². The quantitative estimate of drug-likeness (QED) is 0.335. The van der Waals surface area contributed by atoms with Crippen molar-refractivity contribution in [2.45, 2.75) is 71.3 Å². The number of para-hydroxylation sites is 1. The molecule has 0 aliphatic heterocycles. The first-order chi connectivity index (χ1) is 18.0. The molecule has 3 aromatic rings. The number of nitrogens with zero attached hydrogens (tertiary/aromatic N) is 1. The number of aromatic nitrogens is 1. The van der Waals surface area contributed by atoms with Gasteiger partial charge in [-0.2, -0.15) is 0 Å². The van der Waals surface area contributed by atoms with E-state index in [4.69, 9.17) is 9.72 Å². The van der Waals surface area contributed by atoms with Crippen LogP contribution in [0.1, 0.15) is 75.1 Å². The number of hydrogen-bond acceptors (Lipinski definition) is 5. The maximum Gasteiger partial charge on any atom is 0.311 e. The van der Waals surface area contributed by atoms with Gasteiger partial charge in [-0.25, -0.2) is 18.5 Å². The van der Waals surface area contributed by atoms with Gasteiger partial charge < -0.3 is 9.84 Å². The number of aliphatic carboxylic acids is 1. The molecule has 1 saturated carbocycles. The van der Waals surface area contributed by atoms with E-state index in [0.717, 1.165) is 71.8 Å². The highest BCUT2D eigenvalue weighted by atomic mass is 32.2. The van der Waals surface area contributed by atoms with Crippen molar-refractivity contribution < 1.29 is 23.1 Å². The maximum atomic E-state index is 12.3. The summed E-state index contributed by atoms with van der Waals surface area (Å²) in [5, 5.41) is 15.6. The summed E-state index contributed by atoms with van der Waals surface area (Å²) in [6.07, 6.45) is 8.50. The molecule has 0 spiro atoms. The second-order valence-electron chi connectivity index (χ2n) is 10.6. The summed E-state index contributed by atoms with van der Waals surface area (Å²) >= 11 is 0. The van der Waals surface area contributed by atoms with Crippen molar-refractivity contribution in [1.29, 1.82) is 0 Å². The van der Waals surface area contributed by atoms with Crippen molar-refractivity contribution in [3.63, 3.8) is 0 Å². The SMILES string of the molecule is CC(C)Cc1cc(C(C(=O)O)C2CCCCCC2)ccc1OCc1ccc2ccccc2n1.CS(N)(=O)=O. The van der Waals surface area contributed by atoms with Crippen LogP contribution in [-0.4, -0.2) is 30.7 Å². The molecule has 0 radical (unpaired) electrons. The van der Waals surface area contributed by atoms with Crippen LogP contribution in [0.5, 0.6) is 5.75 Å². The van der Waals surface area contributed by atoms with Crippen LogP contribution in [0.2, 0.25) is 0 Å². The topological polar surface area (TPSA) is 120 Å². The van der Waals surface area contributed by atoms with Gasteiger partial charge in [0, 0.05) is 5.39 Å². The zero-order valence-electron chi connectivity index (χ0n) is 22.6. The molecule has 7 nitrogen and oxygen atoms in total. The predicted molar refractivity (Wildman–Crippen MR) is 152 cm³/mol. The fourth-order valence-corrected chi connectivity index (χ4v) is 5.13. The van der Waals surface area contributed by atoms with Crippen LogP contribution in [0.25, 0.3) is 10.9 Å². The van der Waals surface area contributed by atoms with E-state index in [0.29, 0.717) is 12.5 Å². The normalized spacial score (nSPS) is 15.4. The van der Waals surface area contributed by atoms with Crippen molar-refractivity contribution in [1.82, 2.24) is 4.98 Å². The molecule has 1 atom stereocenters. The Hall–Kier alpha value is -2.97. The minimum absolute atomic E-state index is 0.213. The molecule has 1 aliphatic carbocycles. The summed E-state index contributed by atoms with van der Waals surface area (Å²) < 4.78 is 25.0. The van der Waals surface area contributed by atoms with Crippen LogP contribution < -0.4 is 9.88 Å². The Balaban J connectivity index is 0.000000732. The van der Waals surface area contributed by atoms with Gasteiger partial charge in [-0.05, 0) is 60.4 Å². The lowest BCUT2D eigenvalue weighted by atomic mass is 9.80. The first kappa shape index (κ1) is 29.6. The number of pyridine rings is 1. The number of nitrogens with two attached hydrogens (primary N) is 1. The lowest BCUT2D eigenvalue weighted by Gasteiger charge is -2.24. The number of benzene rings is 2. The zero-order valence-corrected chi connectivity index (χ0v) is 23.4. The van der Waals surface area contributed by atoms with Gasteiger partial charge in [0.2, 0.25) is 10.0 Å². The standard InChI is InChI=1S/C29H35NO3.CH5NO2S/c1-20(2)17-24-18-23(28(29(31)32)22-10-5-3-4-6-11-22)14-16-27(24)33-19-25-15-13-21-9-7-8-12-26(21)30-25;1-5(2,3)4/h7-9,12-16,18,20,22,28H,3-6,10-11,17,19H2,1-2H3,(H,31,32);1H3,(H2,2,3,4). The number of hydrogen-bond donors (Lipinski definition) is 2. The average Bonchev–Trinajstić information content (AvgIpc) is 3.11. The largest absolute Gasteiger partial charge is 0.487 e. The van der Waals surface area contributed by atoms with Crippen LogP contribution >= 0.6 is 0 Å². The number of ether oxygens (including phenoxy) is 1. The van der Waals surface area contributed by atoms with Crippen molar-refractivity contribution in [3.05, 3.63) is 71.4 Å². The molecule has 8 heteroatoms. The van der Waals surface area contributed by atoms with E-state index in [9.17, 15) is 18.3 Å². The van der Waals surface area contributed by atoms with Gasteiger partial charge in [-0.1, -0.05) is 75.9 Å². The Bertz CT molecular complexity index is 1310. The molecular weight excluding hydrogens is 500 g/mol. The molecule has 2 aromatic carbocycles. The van der Waals surface area contributed by atoms with E-state index < -0.39 is 21.9 Å². The summed E-state index contributed by atoms with van der Waals surface area (Å²) in [5.74, 6) is 0.345. The maximum absolute atomic E-state index is 12.3. The lowest BCUT2D eigenvalue weighted by molar-refractivity contribution is -0.140. The predicted octanol–water partition coefficient (Wildman–Crippen LogP) is 6.06. The van der Waals surface area contributed by atoms with Crippen LogP contribution in [0.15, 0.2) is 54.6 Å². The zero-order chi connectivity index (χ0) is 27.7. The molecule has 206 valence electrons. The second-order valence-corrected chi connectivity index (χ2v) is 12.3. The molecule has 3 N–H and O–H groups in total. The third kappa shape index (κ3) is 9.40. The molecule has 1 unspecified atom stereocenters. The molecule has 1 heterocycles. The van der Waals surface area contributed by atoms with Gasteiger partial charge in [-0.15, -0.1) is 0 Å². The van der Waals surface area contributed by atoms with Crippen LogP contribution in [0.4, 0.5) is 0 Å². The fraction of sp³-hybridized carbons (Fsp3) is 0.467. The lowest BCUT2D eigenvalue weighted by Crippen LogP contribution is -2.21. The number of carboxylic acid groups (broad SMARTS) is 1. The van der Waals surface area contributed by atoms with E-state index in [1.165, 1.54) is 12.8 Å². The Kier molecular flexibility index (Phi) is 10.7. The second kappa shape index (κ2) is 13.7. The first-order valence-corrected chi connectivity index (χ1v) is 15.3. The van der Waals surface area contributed by atoms with Gasteiger partial charge in [0.25, 0.3) is 0 Å².